The highest BCUT2D eigenvalue weighted by Gasteiger charge is 2.42. The number of carbonyl (C=O) groups is 1. The zero-order valence-corrected chi connectivity index (χ0v) is 16.5. The summed E-state index contributed by atoms with van der Waals surface area (Å²) < 4.78 is 11.0. The zero-order chi connectivity index (χ0) is 19.3. The second-order valence-electron chi connectivity index (χ2n) is 7.30. The maximum Gasteiger partial charge on any atom is 0.235 e. The van der Waals surface area contributed by atoms with Crippen molar-refractivity contribution < 1.29 is 14.3 Å². The average molecular weight is 367 g/mol. The molecule has 0 aliphatic heterocycles. The van der Waals surface area contributed by atoms with E-state index in [2.05, 4.69) is 12.2 Å². The minimum Gasteiger partial charge on any atom is -0.497 e. The molecule has 1 N–H and O–H groups in total. The molecule has 2 aromatic carbocycles. The fourth-order valence-corrected chi connectivity index (χ4v) is 3.89. The predicted octanol–water partition coefficient (Wildman–Crippen LogP) is 5.24. The standard InChI is InChI=1S/C23H29NO3/c1-4-15-27-21-12-9-19(16-17(21)2)24-22(25)23(13-5-6-14-23)18-7-10-20(26-3)11-8-18/h7-12,16H,4-6,13-15H2,1-3H3,(H,24,25). The Bertz CT molecular complexity index is 777. The van der Waals surface area contributed by atoms with E-state index in [0.717, 1.165) is 60.4 Å². The minimum atomic E-state index is -0.461. The topological polar surface area (TPSA) is 47.6 Å². The van der Waals surface area contributed by atoms with Crippen molar-refractivity contribution in [3.05, 3.63) is 53.6 Å². The first-order valence-electron chi connectivity index (χ1n) is 9.78. The van der Waals surface area contributed by atoms with Crippen LogP contribution in [0.25, 0.3) is 0 Å². The SMILES string of the molecule is CCCOc1ccc(NC(=O)C2(c3ccc(OC)cc3)CCCC2)cc1C. The van der Waals surface area contributed by atoms with Gasteiger partial charge in [-0.15, -0.1) is 0 Å². The van der Waals surface area contributed by atoms with E-state index in [9.17, 15) is 4.79 Å². The van der Waals surface area contributed by atoms with E-state index >= 15 is 0 Å². The van der Waals surface area contributed by atoms with Gasteiger partial charge in [0.1, 0.15) is 11.5 Å². The van der Waals surface area contributed by atoms with Crippen molar-refractivity contribution in [1.29, 1.82) is 0 Å². The van der Waals surface area contributed by atoms with Crippen LogP contribution in [0.4, 0.5) is 5.69 Å². The predicted molar refractivity (Wildman–Crippen MR) is 109 cm³/mol. The molecule has 1 aliphatic rings. The third-order valence-electron chi connectivity index (χ3n) is 5.43. The molecular weight excluding hydrogens is 338 g/mol. The van der Waals surface area contributed by atoms with Gasteiger partial charge in [-0.05, 0) is 67.6 Å². The zero-order valence-electron chi connectivity index (χ0n) is 16.5. The van der Waals surface area contributed by atoms with E-state index in [1.54, 1.807) is 7.11 Å². The van der Waals surface area contributed by atoms with Gasteiger partial charge < -0.3 is 14.8 Å². The van der Waals surface area contributed by atoms with Crippen LogP contribution < -0.4 is 14.8 Å². The largest absolute Gasteiger partial charge is 0.497 e. The first-order valence-corrected chi connectivity index (χ1v) is 9.78. The normalized spacial score (nSPS) is 15.4. The van der Waals surface area contributed by atoms with Gasteiger partial charge in [-0.25, -0.2) is 0 Å². The van der Waals surface area contributed by atoms with Crippen LogP contribution in [0.5, 0.6) is 11.5 Å². The first kappa shape index (κ1) is 19.3. The van der Waals surface area contributed by atoms with Crippen LogP contribution in [0.3, 0.4) is 0 Å². The summed E-state index contributed by atoms with van der Waals surface area (Å²) in [6, 6.07) is 13.8. The number of nitrogens with one attached hydrogen (secondary N) is 1. The Balaban J connectivity index is 1.80. The summed E-state index contributed by atoms with van der Waals surface area (Å²) in [6.07, 6.45) is 4.87. The van der Waals surface area contributed by atoms with Crippen LogP contribution in [-0.4, -0.2) is 19.6 Å². The molecular formula is C23H29NO3. The van der Waals surface area contributed by atoms with Crippen molar-refractivity contribution in [2.24, 2.45) is 0 Å². The number of amides is 1. The average Bonchev–Trinajstić information content (AvgIpc) is 3.19. The molecule has 0 unspecified atom stereocenters. The molecule has 0 atom stereocenters. The molecule has 0 radical (unpaired) electrons. The van der Waals surface area contributed by atoms with Gasteiger partial charge in [0.05, 0.1) is 19.1 Å². The molecule has 1 aliphatic carbocycles. The number of hydrogen-bond acceptors (Lipinski definition) is 3. The number of carbonyl (C=O) groups excluding carboxylic acids is 1. The molecule has 27 heavy (non-hydrogen) atoms. The summed E-state index contributed by atoms with van der Waals surface area (Å²) >= 11 is 0. The Kier molecular flexibility index (Phi) is 6.04. The quantitative estimate of drug-likeness (QED) is 0.728. The molecule has 144 valence electrons. The maximum absolute atomic E-state index is 13.3. The molecule has 2 aromatic rings. The molecule has 1 amide bonds. The summed E-state index contributed by atoms with van der Waals surface area (Å²) in [5.74, 6) is 1.76. The second kappa shape index (κ2) is 8.47. The van der Waals surface area contributed by atoms with Crippen LogP contribution in [-0.2, 0) is 10.2 Å². The van der Waals surface area contributed by atoms with Gasteiger partial charge in [0.2, 0.25) is 5.91 Å². The lowest BCUT2D eigenvalue weighted by molar-refractivity contribution is -0.121. The molecule has 0 spiro atoms. The highest BCUT2D eigenvalue weighted by Crippen LogP contribution is 2.42. The van der Waals surface area contributed by atoms with Crippen LogP contribution >= 0.6 is 0 Å². The third kappa shape index (κ3) is 4.10. The van der Waals surface area contributed by atoms with Crippen molar-refractivity contribution in [2.75, 3.05) is 19.0 Å². The van der Waals surface area contributed by atoms with Crippen molar-refractivity contribution in [1.82, 2.24) is 0 Å². The van der Waals surface area contributed by atoms with E-state index in [-0.39, 0.29) is 5.91 Å². The lowest BCUT2D eigenvalue weighted by Gasteiger charge is -2.28. The van der Waals surface area contributed by atoms with Crippen LogP contribution in [0.1, 0.15) is 50.2 Å². The highest BCUT2D eigenvalue weighted by atomic mass is 16.5. The van der Waals surface area contributed by atoms with E-state index in [1.165, 1.54) is 0 Å². The monoisotopic (exact) mass is 367 g/mol. The molecule has 0 heterocycles. The van der Waals surface area contributed by atoms with Crippen LogP contribution in [0, 0.1) is 6.92 Å². The van der Waals surface area contributed by atoms with Gasteiger partial charge in [-0.1, -0.05) is 31.9 Å². The Labute approximate surface area is 161 Å². The number of benzene rings is 2. The smallest absolute Gasteiger partial charge is 0.235 e. The van der Waals surface area contributed by atoms with Gasteiger partial charge in [0.15, 0.2) is 0 Å². The number of hydrogen-bond donors (Lipinski definition) is 1. The van der Waals surface area contributed by atoms with E-state index in [4.69, 9.17) is 9.47 Å². The summed E-state index contributed by atoms with van der Waals surface area (Å²) in [7, 11) is 1.66. The summed E-state index contributed by atoms with van der Waals surface area (Å²) in [5.41, 5.74) is 2.46. The Morgan fingerprint density at radius 2 is 1.81 bits per heavy atom. The van der Waals surface area contributed by atoms with Gasteiger partial charge in [-0.3, -0.25) is 4.79 Å². The maximum atomic E-state index is 13.3. The number of ether oxygens (including phenoxy) is 2. The van der Waals surface area contributed by atoms with Crippen LogP contribution in [0.15, 0.2) is 42.5 Å². The Hall–Kier alpha value is -2.49. The van der Waals surface area contributed by atoms with Crippen molar-refractivity contribution in [3.63, 3.8) is 0 Å². The summed E-state index contributed by atoms with van der Waals surface area (Å²) in [5, 5.41) is 3.15. The molecule has 4 nitrogen and oxygen atoms in total. The lowest BCUT2D eigenvalue weighted by Crippen LogP contribution is -2.38. The van der Waals surface area contributed by atoms with Crippen molar-refractivity contribution in [3.8, 4) is 11.5 Å². The summed E-state index contributed by atoms with van der Waals surface area (Å²) in [6.45, 7) is 4.80. The molecule has 0 bridgehead atoms. The number of anilines is 1. The van der Waals surface area contributed by atoms with Crippen LogP contribution in [0.2, 0.25) is 0 Å². The van der Waals surface area contributed by atoms with Crippen molar-refractivity contribution in [2.45, 2.75) is 51.4 Å². The lowest BCUT2D eigenvalue weighted by atomic mass is 9.78. The van der Waals surface area contributed by atoms with Gasteiger partial charge in [0.25, 0.3) is 0 Å². The highest BCUT2D eigenvalue weighted by molar-refractivity contribution is 5.99. The summed E-state index contributed by atoms with van der Waals surface area (Å²) in [4.78, 5) is 13.3. The molecule has 1 saturated carbocycles. The fraction of sp³-hybridized carbons (Fsp3) is 0.435. The minimum absolute atomic E-state index is 0.0757. The number of methoxy groups -OCH3 is 1. The number of aryl methyl sites for hydroxylation is 1. The number of rotatable bonds is 7. The molecule has 4 heteroatoms. The van der Waals surface area contributed by atoms with E-state index < -0.39 is 5.41 Å². The Morgan fingerprint density at radius 1 is 1.11 bits per heavy atom. The molecule has 1 fully saturated rings. The molecule has 0 saturated heterocycles. The van der Waals surface area contributed by atoms with Gasteiger partial charge in [-0.2, -0.15) is 0 Å². The van der Waals surface area contributed by atoms with Crippen molar-refractivity contribution >= 4 is 11.6 Å². The fourth-order valence-electron chi connectivity index (χ4n) is 3.89. The van der Waals surface area contributed by atoms with Gasteiger partial charge >= 0.3 is 0 Å². The van der Waals surface area contributed by atoms with Gasteiger partial charge in [0, 0.05) is 5.69 Å². The molecule has 0 aromatic heterocycles. The molecule has 3 rings (SSSR count). The third-order valence-corrected chi connectivity index (χ3v) is 5.43. The van der Waals surface area contributed by atoms with E-state index in [1.807, 2.05) is 49.4 Å². The second-order valence-corrected chi connectivity index (χ2v) is 7.30. The Morgan fingerprint density at radius 3 is 2.41 bits per heavy atom. The van der Waals surface area contributed by atoms with E-state index in [0.29, 0.717) is 6.61 Å². The first-order chi connectivity index (χ1) is 13.1.